The molecule has 88 valence electrons. The molecule has 0 aliphatic heterocycles. The van der Waals surface area contributed by atoms with Gasteiger partial charge in [-0.2, -0.15) is 4.99 Å². The number of rotatable bonds is 1. The standard InChI is InChI=1S/C12H13N3S2/c1-9-3-5-10(6-4-9)13-11(16)14-12-15(2)7-8-17-12/h3-8H,1-2H3,(H,13,16). The second kappa shape index (κ2) is 5.25. The molecule has 0 spiro atoms. The summed E-state index contributed by atoms with van der Waals surface area (Å²) in [4.78, 5) is 5.22. The fourth-order valence-corrected chi connectivity index (χ4v) is 2.31. The van der Waals surface area contributed by atoms with E-state index in [-0.39, 0.29) is 0 Å². The molecular formula is C12H13N3S2. The molecule has 3 nitrogen and oxygen atoms in total. The Morgan fingerprint density at radius 2 is 2.06 bits per heavy atom. The highest BCUT2D eigenvalue weighted by Gasteiger charge is 1.96. The first-order chi connectivity index (χ1) is 8.15. The van der Waals surface area contributed by atoms with Crippen LogP contribution in [0, 0.1) is 6.92 Å². The van der Waals surface area contributed by atoms with Crippen molar-refractivity contribution < 1.29 is 0 Å². The van der Waals surface area contributed by atoms with Gasteiger partial charge in [-0.05, 0) is 31.3 Å². The summed E-state index contributed by atoms with van der Waals surface area (Å²) in [5.74, 6) is 0. The van der Waals surface area contributed by atoms with Crippen LogP contribution in [0.3, 0.4) is 0 Å². The van der Waals surface area contributed by atoms with E-state index in [1.54, 1.807) is 11.3 Å². The molecule has 0 amide bonds. The van der Waals surface area contributed by atoms with Gasteiger partial charge in [0, 0.05) is 24.3 Å². The van der Waals surface area contributed by atoms with Crippen LogP contribution < -0.4 is 10.1 Å². The summed E-state index contributed by atoms with van der Waals surface area (Å²) >= 11 is 6.75. The lowest BCUT2D eigenvalue weighted by molar-refractivity contribution is 0.878. The van der Waals surface area contributed by atoms with Crippen LogP contribution in [-0.2, 0) is 7.05 Å². The van der Waals surface area contributed by atoms with E-state index in [9.17, 15) is 0 Å². The van der Waals surface area contributed by atoms with Crippen molar-refractivity contribution in [2.75, 3.05) is 5.32 Å². The summed E-state index contributed by atoms with van der Waals surface area (Å²) in [6.45, 7) is 2.05. The Balaban J connectivity index is 2.13. The minimum atomic E-state index is 0.479. The molecule has 0 saturated heterocycles. The minimum absolute atomic E-state index is 0.479. The molecule has 1 aromatic carbocycles. The maximum absolute atomic E-state index is 5.19. The molecule has 5 heteroatoms. The zero-order valence-corrected chi connectivity index (χ0v) is 11.3. The average Bonchev–Trinajstić information content (AvgIpc) is 2.68. The van der Waals surface area contributed by atoms with Crippen LogP contribution in [0.4, 0.5) is 5.69 Å². The Labute approximate surface area is 109 Å². The lowest BCUT2D eigenvalue weighted by Crippen LogP contribution is -2.15. The van der Waals surface area contributed by atoms with E-state index < -0.39 is 0 Å². The van der Waals surface area contributed by atoms with Crippen molar-refractivity contribution in [1.29, 1.82) is 0 Å². The third-order valence-electron chi connectivity index (χ3n) is 2.26. The SMILES string of the molecule is Cc1ccc(NC(=S)N=c2sccn2C)cc1. The van der Waals surface area contributed by atoms with E-state index in [0.29, 0.717) is 5.11 Å². The average molecular weight is 263 g/mol. The van der Waals surface area contributed by atoms with Crippen LogP contribution in [0.15, 0.2) is 40.8 Å². The number of hydrogen-bond donors (Lipinski definition) is 1. The number of thiazole rings is 1. The molecule has 0 aliphatic carbocycles. The van der Waals surface area contributed by atoms with Crippen molar-refractivity contribution in [2.45, 2.75) is 6.92 Å². The number of aryl methyl sites for hydroxylation is 2. The monoisotopic (exact) mass is 263 g/mol. The highest BCUT2D eigenvalue weighted by molar-refractivity contribution is 7.80. The first-order valence-corrected chi connectivity index (χ1v) is 6.46. The van der Waals surface area contributed by atoms with Gasteiger partial charge in [0.2, 0.25) is 0 Å². The Morgan fingerprint density at radius 3 is 2.65 bits per heavy atom. The van der Waals surface area contributed by atoms with Crippen LogP contribution in [0.1, 0.15) is 5.56 Å². The fraction of sp³-hybridized carbons (Fsp3) is 0.167. The number of aromatic nitrogens is 1. The maximum Gasteiger partial charge on any atom is 0.199 e. The lowest BCUT2D eigenvalue weighted by Gasteiger charge is -2.03. The van der Waals surface area contributed by atoms with Crippen molar-refractivity contribution in [3.8, 4) is 0 Å². The van der Waals surface area contributed by atoms with E-state index in [1.807, 2.05) is 47.5 Å². The molecule has 0 unspecified atom stereocenters. The molecule has 0 radical (unpaired) electrons. The van der Waals surface area contributed by atoms with Gasteiger partial charge < -0.3 is 9.88 Å². The predicted molar refractivity (Wildman–Crippen MR) is 76.3 cm³/mol. The van der Waals surface area contributed by atoms with Gasteiger partial charge in [0.15, 0.2) is 9.91 Å². The largest absolute Gasteiger partial charge is 0.331 e. The van der Waals surface area contributed by atoms with E-state index >= 15 is 0 Å². The third kappa shape index (κ3) is 3.25. The third-order valence-corrected chi connectivity index (χ3v) is 3.30. The molecule has 1 N–H and O–H groups in total. The van der Waals surface area contributed by atoms with Crippen molar-refractivity contribution in [3.63, 3.8) is 0 Å². The Hall–Kier alpha value is -1.46. The molecule has 2 rings (SSSR count). The highest BCUT2D eigenvalue weighted by Crippen LogP contribution is 2.08. The molecule has 1 aromatic heterocycles. The summed E-state index contributed by atoms with van der Waals surface area (Å²) in [6, 6.07) is 8.06. The molecule has 2 aromatic rings. The summed E-state index contributed by atoms with van der Waals surface area (Å²) < 4.78 is 1.94. The van der Waals surface area contributed by atoms with Crippen molar-refractivity contribution in [1.82, 2.24) is 4.57 Å². The Kier molecular flexibility index (Phi) is 3.71. The number of nitrogens with one attached hydrogen (secondary N) is 1. The molecule has 0 aliphatic rings. The number of anilines is 1. The van der Waals surface area contributed by atoms with Gasteiger partial charge in [0.25, 0.3) is 0 Å². The van der Waals surface area contributed by atoms with Crippen molar-refractivity contribution in [2.24, 2.45) is 12.0 Å². The molecular weight excluding hydrogens is 250 g/mol. The maximum atomic E-state index is 5.19. The summed E-state index contributed by atoms with van der Waals surface area (Å²) in [6.07, 6.45) is 1.96. The summed E-state index contributed by atoms with van der Waals surface area (Å²) in [5, 5.41) is 5.55. The topological polar surface area (TPSA) is 29.3 Å². The quantitative estimate of drug-likeness (QED) is 0.802. The highest BCUT2D eigenvalue weighted by atomic mass is 32.1. The number of nitrogens with zero attached hydrogens (tertiary/aromatic N) is 2. The number of thiocarbonyl (C=S) groups is 1. The number of hydrogen-bond acceptors (Lipinski definition) is 2. The van der Waals surface area contributed by atoms with Gasteiger partial charge in [-0.3, -0.25) is 0 Å². The molecule has 0 saturated carbocycles. The van der Waals surface area contributed by atoms with Crippen LogP contribution >= 0.6 is 23.6 Å². The van der Waals surface area contributed by atoms with Crippen molar-refractivity contribution in [3.05, 3.63) is 46.2 Å². The van der Waals surface area contributed by atoms with Crippen LogP contribution in [0.25, 0.3) is 0 Å². The molecule has 17 heavy (non-hydrogen) atoms. The van der Waals surface area contributed by atoms with Gasteiger partial charge in [-0.15, -0.1) is 11.3 Å². The second-order valence-electron chi connectivity index (χ2n) is 3.70. The van der Waals surface area contributed by atoms with Crippen LogP contribution in [0.5, 0.6) is 0 Å². The predicted octanol–water partition coefficient (Wildman–Crippen LogP) is 2.69. The normalized spacial score (nSPS) is 11.5. The summed E-state index contributed by atoms with van der Waals surface area (Å²) in [7, 11) is 1.95. The van der Waals surface area contributed by atoms with Crippen LogP contribution in [-0.4, -0.2) is 9.68 Å². The molecule has 0 bridgehead atoms. The first-order valence-electron chi connectivity index (χ1n) is 5.17. The smallest absolute Gasteiger partial charge is 0.199 e. The molecule has 0 atom stereocenters. The number of benzene rings is 1. The van der Waals surface area contributed by atoms with E-state index in [1.165, 1.54) is 5.56 Å². The first kappa shape index (κ1) is 12.0. The van der Waals surface area contributed by atoms with Gasteiger partial charge in [0.1, 0.15) is 0 Å². The Morgan fingerprint density at radius 1 is 1.35 bits per heavy atom. The van der Waals surface area contributed by atoms with E-state index in [2.05, 4.69) is 17.2 Å². The summed E-state index contributed by atoms with van der Waals surface area (Å²) in [5.41, 5.74) is 2.19. The van der Waals surface area contributed by atoms with Gasteiger partial charge in [0.05, 0.1) is 0 Å². The van der Waals surface area contributed by atoms with Gasteiger partial charge in [-0.1, -0.05) is 17.7 Å². The van der Waals surface area contributed by atoms with Crippen molar-refractivity contribution >= 4 is 34.4 Å². The molecule has 1 heterocycles. The second-order valence-corrected chi connectivity index (χ2v) is 4.96. The zero-order valence-electron chi connectivity index (χ0n) is 9.68. The van der Waals surface area contributed by atoms with E-state index in [4.69, 9.17) is 12.2 Å². The Bertz CT molecular complexity index is 578. The molecule has 0 fully saturated rings. The fourth-order valence-electron chi connectivity index (χ4n) is 1.31. The van der Waals surface area contributed by atoms with Crippen LogP contribution in [0.2, 0.25) is 0 Å². The minimum Gasteiger partial charge on any atom is -0.331 e. The van der Waals surface area contributed by atoms with Gasteiger partial charge in [-0.25, -0.2) is 0 Å². The zero-order chi connectivity index (χ0) is 12.3. The lowest BCUT2D eigenvalue weighted by atomic mass is 10.2. The van der Waals surface area contributed by atoms with Gasteiger partial charge >= 0.3 is 0 Å². The van der Waals surface area contributed by atoms with E-state index in [0.717, 1.165) is 10.5 Å².